The summed E-state index contributed by atoms with van der Waals surface area (Å²) in [6.07, 6.45) is 3.09. The molecule has 1 aromatic heterocycles. The molecule has 2 aromatic rings. The molecule has 2 unspecified atom stereocenters. The van der Waals surface area contributed by atoms with Crippen LogP contribution < -0.4 is 0 Å². The lowest BCUT2D eigenvalue weighted by Crippen LogP contribution is -2.55. The van der Waals surface area contributed by atoms with Crippen LogP contribution in [0.1, 0.15) is 23.2 Å². The number of morpholine rings is 1. The average molecular weight is 314 g/mol. The molecular weight excluding hydrogens is 295 g/mol. The van der Waals surface area contributed by atoms with Gasteiger partial charge in [0.05, 0.1) is 24.3 Å². The van der Waals surface area contributed by atoms with Crippen molar-refractivity contribution in [3.63, 3.8) is 0 Å². The Kier molecular flexibility index (Phi) is 3.62. The molecule has 4 rings (SSSR count). The molecule has 5 heteroatoms. The number of halogens is 1. The van der Waals surface area contributed by atoms with Gasteiger partial charge in [0, 0.05) is 35.7 Å². The Morgan fingerprint density at radius 1 is 1.30 bits per heavy atom. The molecule has 0 N–H and O–H groups in total. The van der Waals surface area contributed by atoms with Gasteiger partial charge in [-0.2, -0.15) is 0 Å². The fourth-order valence-electron chi connectivity index (χ4n) is 3.81. The van der Waals surface area contributed by atoms with Gasteiger partial charge in [-0.15, -0.1) is 0 Å². The maximum atomic E-state index is 14.4. The Morgan fingerprint density at radius 2 is 2.04 bits per heavy atom. The molecule has 4 nitrogen and oxygen atoms in total. The fraction of sp³-hybridized carbons (Fsp3) is 0.444. The number of ketones is 1. The number of pyridine rings is 1. The molecule has 2 saturated heterocycles. The molecule has 23 heavy (non-hydrogen) atoms. The van der Waals surface area contributed by atoms with Crippen LogP contribution in [-0.2, 0) is 4.74 Å². The number of carbonyl (C=O) groups excluding carboxylic acids is 1. The Bertz CT molecular complexity index is 750. The minimum absolute atomic E-state index is 0.0850. The predicted molar refractivity (Wildman–Crippen MR) is 84.9 cm³/mol. The van der Waals surface area contributed by atoms with E-state index >= 15 is 0 Å². The largest absolute Gasteiger partial charge is 0.378 e. The third-order valence-electron chi connectivity index (χ3n) is 5.21. The first kappa shape index (κ1) is 14.7. The second-order valence-corrected chi connectivity index (χ2v) is 6.57. The quantitative estimate of drug-likeness (QED) is 0.799. The van der Waals surface area contributed by atoms with E-state index < -0.39 is 5.82 Å². The third kappa shape index (κ3) is 2.54. The van der Waals surface area contributed by atoms with E-state index in [0.717, 1.165) is 18.2 Å². The summed E-state index contributed by atoms with van der Waals surface area (Å²) in [6, 6.07) is 7.16. The van der Waals surface area contributed by atoms with Gasteiger partial charge >= 0.3 is 0 Å². The van der Waals surface area contributed by atoms with Crippen LogP contribution in [0, 0.1) is 11.7 Å². The van der Waals surface area contributed by atoms with Crippen molar-refractivity contribution in [1.82, 2.24) is 9.88 Å². The zero-order chi connectivity index (χ0) is 16.0. The van der Waals surface area contributed by atoms with Crippen molar-refractivity contribution >= 4 is 16.7 Å². The summed E-state index contributed by atoms with van der Waals surface area (Å²) in [6.45, 7) is 1.31. The molecule has 1 aromatic carbocycles. The number of carbonyl (C=O) groups is 1. The fourth-order valence-corrected chi connectivity index (χ4v) is 3.81. The van der Waals surface area contributed by atoms with Crippen LogP contribution in [0.25, 0.3) is 10.9 Å². The van der Waals surface area contributed by atoms with Crippen LogP contribution in [-0.4, -0.2) is 48.0 Å². The van der Waals surface area contributed by atoms with Crippen LogP contribution in [0.4, 0.5) is 4.39 Å². The van der Waals surface area contributed by atoms with E-state index in [4.69, 9.17) is 4.74 Å². The molecule has 2 fully saturated rings. The first-order valence-corrected chi connectivity index (χ1v) is 8.01. The van der Waals surface area contributed by atoms with Gasteiger partial charge in [-0.3, -0.25) is 14.7 Å². The molecule has 2 aliphatic rings. The summed E-state index contributed by atoms with van der Waals surface area (Å²) in [7, 11) is 2.08. The lowest BCUT2D eigenvalue weighted by atomic mass is 9.80. The van der Waals surface area contributed by atoms with Crippen LogP contribution in [0.15, 0.2) is 30.5 Å². The van der Waals surface area contributed by atoms with Crippen molar-refractivity contribution in [3.8, 4) is 0 Å². The number of nitrogens with zero attached hydrogens (tertiary/aromatic N) is 2. The van der Waals surface area contributed by atoms with Gasteiger partial charge in [-0.25, -0.2) is 4.39 Å². The lowest BCUT2D eigenvalue weighted by molar-refractivity contribution is -0.0702. The van der Waals surface area contributed by atoms with Crippen molar-refractivity contribution in [2.75, 3.05) is 20.3 Å². The first-order chi connectivity index (χ1) is 11.1. The summed E-state index contributed by atoms with van der Waals surface area (Å²) >= 11 is 0. The molecule has 0 radical (unpaired) electrons. The van der Waals surface area contributed by atoms with Gasteiger partial charge in [-0.1, -0.05) is 6.07 Å². The van der Waals surface area contributed by atoms with E-state index in [1.165, 1.54) is 6.07 Å². The minimum atomic E-state index is -0.471. The maximum Gasteiger partial charge on any atom is 0.169 e. The second kappa shape index (κ2) is 5.65. The first-order valence-electron chi connectivity index (χ1n) is 8.01. The SMILES string of the molecule is CN1C2COCC1CC(C(=O)c1cc3cccnc3cc1F)C2. The zero-order valence-corrected chi connectivity index (χ0v) is 13.0. The third-order valence-corrected chi connectivity index (χ3v) is 5.21. The number of benzene rings is 1. The molecule has 2 aliphatic heterocycles. The number of fused-ring (bicyclic) bond motifs is 3. The van der Waals surface area contributed by atoms with Gasteiger partial charge in [0.15, 0.2) is 5.78 Å². The molecule has 0 aliphatic carbocycles. The highest BCUT2D eigenvalue weighted by atomic mass is 19.1. The predicted octanol–water partition coefficient (Wildman–Crippen LogP) is 2.67. The maximum absolute atomic E-state index is 14.4. The summed E-state index contributed by atoms with van der Waals surface area (Å²) in [5, 5.41) is 0.800. The van der Waals surface area contributed by atoms with Crippen molar-refractivity contribution in [2.24, 2.45) is 5.92 Å². The number of ether oxygens (including phenoxy) is 1. The molecule has 2 bridgehead atoms. The highest BCUT2D eigenvalue weighted by molar-refractivity contribution is 6.01. The van der Waals surface area contributed by atoms with Crippen LogP contribution in [0.3, 0.4) is 0 Å². The number of likely N-dealkylation sites (N-methyl/N-ethyl adjacent to an activating group) is 1. The second-order valence-electron chi connectivity index (χ2n) is 6.57. The normalized spacial score (nSPS) is 28.0. The standard InChI is InChI=1S/C18H19FN2O2/c1-21-13-5-12(6-14(21)10-23-9-13)18(22)15-7-11-3-2-4-20-17(11)8-16(15)19/h2-4,7-8,12-14H,5-6,9-10H2,1H3. The lowest BCUT2D eigenvalue weighted by Gasteiger charge is -2.46. The van der Waals surface area contributed by atoms with Gasteiger partial charge in [0.2, 0.25) is 0 Å². The molecule has 3 heterocycles. The van der Waals surface area contributed by atoms with E-state index in [1.54, 1.807) is 18.3 Å². The molecular formula is C18H19FN2O2. The highest BCUT2D eigenvalue weighted by Gasteiger charge is 2.40. The number of piperidine rings is 1. The number of hydrogen-bond donors (Lipinski definition) is 0. The van der Waals surface area contributed by atoms with Crippen LogP contribution in [0.5, 0.6) is 0 Å². The molecule has 0 spiro atoms. The topological polar surface area (TPSA) is 42.4 Å². The molecule has 120 valence electrons. The van der Waals surface area contributed by atoms with Gasteiger partial charge in [-0.05, 0) is 32.0 Å². The molecule has 0 amide bonds. The Balaban J connectivity index is 1.65. The number of hydrogen-bond acceptors (Lipinski definition) is 4. The average Bonchev–Trinajstić information content (AvgIpc) is 2.53. The summed E-state index contributed by atoms with van der Waals surface area (Å²) in [4.78, 5) is 19.3. The Hall–Kier alpha value is -1.85. The molecule has 0 saturated carbocycles. The van der Waals surface area contributed by atoms with Crippen molar-refractivity contribution in [1.29, 1.82) is 0 Å². The number of Topliss-reactive ketones (excluding diaryl/α,β-unsaturated/α-hetero) is 1. The summed E-state index contributed by atoms with van der Waals surface area (Å²) in [5.74, 6) is -0.687. The molecule has 2 atom stereocenters. The van der Waals surface area contributed by atoms with Crippen molar-refractivity contribution in [3.05, 3.63) is 41.8 Å². The zero-order valence-electron chi connectivity index (χ0n) is 13.0. The van der Waals surface area contributed by atoms with Crippen molar-refractivity contribution < 1.29 is 13.9 Å². The summed E-state index contributed by atoms with van der Waals surface area (Å²) in [5.41, 5.74) is 0.772. The van der Waals surface area contributed by atoms with E-state index in [0.29, 0.717) is 18.7 Å². The van der Waals surface area contributed by atoms with E-state index in [2.05, 4.69) is 16.9 Å². The highest BCUT2D eigenvalue weighted by Crippen LogP contribution is 2.33. The number of aromatic nitrogens is 1. The van der Waals surface area contributed by atoms with Gasteiger partial charge in [0.25, 0.3) is 0 Å². The monoisotopic (exact) mass is 314 g/mol. The van der Waals surface area contributed by atoms with Gasteiger partial charge in [0.1, 0.15) is 5.82 Å². The van der Waals surface area contributed by atoms with Crippen LogP contribution >= 0.6 is 0 Å². The van der Waals surface area contributed by atoms with E-state index in [9.17, 15) is 9.18 Å². The smallest absolute Gasteiger partial charge is 0.169 e. The van der Waals surface area contributed by atoms with Crippen molar-refractivity contribution in [2.45, 2.75) is 24.9 Å². The summed E-state index contributed by atoms with van der Waals surface area (Å²) < 4.78 is 20.0. The van der Waals surface area contributed by atoms with Gasteiger partial charge < -0.3 is 4.74 Å². The number of rotatable bonds is 2. The Morgan fingerprint density at radius 3 is 2.78 bits per heavy atom. The Labute approximate surface area is 134 Å². The van der Waals surface area contributed by atoms with E-state index in [1.807, 2.05) is 6.07 Å². The minimum Gasteiger partial charge on any atom is -0.378 e. The van der Waals surface area contributed by atoms with E-state index in [-0.39, 0.29) is 29.3 Å². The van der Waals surface area contributed by atoms with Crippen LogP contribution in [0.2, 0.25) is 0 Å².